The Morgan fingerprint density at radius 3 is 2.28 bits per heavy atom. The summed E-state index contributed by atoms with van der Waals surface area (Å²) in [5.74, 6) is -0.973. The smallest absolute Gasteiger partial charge is 0.320 e. The summed E-state index contributed by atoms with van der Waals surface area (Å²) in [7, 11) is 1.69. The van der Waals surface area contributed by atoms with Gasteiger partial charge < -0.3 is 15.6 Å². The zero-order chi connectivity index (χ0) is 13.8. The van der Waals surface area contributed by atoms with Gasteiger partial charge in [0.1, 0.15) is 6.04 Å². The van der Waals surface area contributed by atoms with Crippen molar-refractivity contribution in [3.8, 4) is 0 Å². The van der Waals surface area contributed by atoms with Gasteiger partial charge in [-0.05, 0) is 31.4 Å². The standard InChI is InChI=1S/C14H21NO3/c1-14(2,18-3)9-11-6-4-10(5-7-11)8-12(15)13(16)17/h4-7,12H,8-9,15H2,1-3H3,(H,16,17). The van der Waals surface area contributed by atoms with Crippen LogP contribution in [0.5, 0.6) is 0 Å². The predicted molar refractivity (Wildman–Crippen MR) is 70.5 cm³/mol. The Bertz CT molecular complexity index is 398. The molecular formula is C14H21NO3. The third-order valence-corrected chi connectivity index (χ3v) is 2.98. The molecule has 0 heterocycles. The van der Waals surface area contributed by atoms with Crippen LogP contribution in [0.1, 0.15) is 25.0 Å². The first-order valence-electron chi connectivity index (χ1n) is 5.95. The van der Waals surface area contributed by atoms with E-state index in [9.17, 15) is 4.79 Å². The molecule has 0 aliphatic rings. The molecule has 18 heavy (non-hydrogen) atoms. The quantitative estimate of drug-likeness (QED) is 0.805. The molecule has 3 N–H and O–H groups in total. The van der Waals surface area contributed by atoms with Crippen LogP contribution in [0.25, 0.3) is 0 Å². The van der Waals surface area contributed by atoms with E-state index in [-0.39, 0.29) is 5.60 Å². The first-order valence-corrected chi connectivity index (χ1v) is 5.95. The lowest BCUT2D eigenvalue weighted by Gasteiger charge is -2.22. The van der Waals surface area contributed by atoms with E-state index >= 15 is 0 Å². The Morgan fingerprint density at radius 1 is 1.33 bits per heavy atom. The van der Waals surface area contributed by atoms with Gasteiger partial charge in [-0.3, -0.25) is 4.79 Å². The van der Waals surface area contributed by atoms with Crippen LogP contribution in [0.15, 0.2) is 24.3 Å². The molecule has 1 rings (SSSR count). The summed E-state index contributed by atoms with van der Waals surface area (Å²) in [6.07, 6.45) is 1.16. The maximum atomic E-state index is 10.7. The molecule has 4 heteroatoms. The van der Waals surface area contributed by atoms with Gasteiger partial charge in [0, 0.05) is 13.5 Å². The van der Waals surface area contributed by atoms with E-state index in [0.29, 0.717) is 6.42 Å². The predicted octanol–water partition coefficient (Wildman–Crippen LogP) is 1.61. The van der Waals surface area contributed by atoms with Crippen molar-refractivity contribution in [1.29, 1.82) is 0 Å². The van der Waals surface area contributed by atoms with E-state index in [1.807, 2.05) is 38.1 Å². The van der Waals surface area contributed by atoms with Gasteiger partial charge in [0.2, 0.25) is 0 Å². The second-order valence-electron chi connectivity index (χ2n) is 5.11. The van der Waals surface area contributed by atoms with Gasteiger partial charge in [-0.2, -0.15) is 0 Å². The second kappa shape index (κ2) is 5.98. The molecule has 1 unspecified atom stereocenters. The summed E-state index contributed by atoms with van der Waals surface area (Å²) in [6, 6.07) is 6.98. The highest BCUT2D eigenvalue weighted by atomic mass is 16.5. The van der Waals surface area contributed by atoms with Crippen molar-refractivity contribution in [3.63, 3.8) is 0 Å². The highest BCUT2D eigenvalue weighted by Gasteiger charge is 2.17. The molecule has 0 bridgehead atoms. The third kappa shape index (κ3) is 4.47. The monoisotopic (exact) mass is 251 g/mol. The molecule has 1 aromatic carbocycles. The lowest BCUT2D eigenvalue weighted by atomic mass is 9.96. The maximum absolute atomic E-state index is 10.7. The molecule has 4 nitrogen and oxygen atoms in total. The Hall–Kier alpha value is -1.39. The van der Waals surface area contributed by atoms with Crippen LogP contribution in [-0.2, 0) is 22.4 Å². The molecule has 100 valence electrons. The number of ether oxygens (including phenoxy) is 1. The van der Waals surface area contributed by atoms with Crippen LogP contribution in [0.4, 0.5) is 0 Å². The van der Waals surface area contributed by atoms with Gasteiger partial charge in [-0.25, -0.2) is 0 Å². The van der Waals surface area contributed by atoms with E-state index in [0.717, 1.165) is 17.5 Å². The normalized spacial score (nSPS) is 13.3. The average molecular weight is 251 g/mol. The number of rotatable bonds is 6. The summed E-state index contributed by atoms with van der Waals surface area (Å²) in [6.45, 7) is 4.06. The van der Waals surface area contributed by atoms with E-state index < -0.39 is 12.0 Å². The molecule has 0 fully saturated rings. The number of nitrogens with two attached hydrogens (primary N) is 1. The first kappa shape index (κ1) is 14.7. The summed E-state index contributed by atoms with van der Waals surface area (Å²) in [5, 5.41) is 8.74. The largest absolute Gasteiger partial charge is 0.480 e. The minimum atomic E-state index is -0.973. The minimum Gasteiger partial charge on any atom is -0.480 e. The van der Waals surface area contributed by atoms with Gasteiger partial charge in [-0.1, -0.05) is 24.3 Å². The number of carbonyl (C=O) groups is 1. The number of hydrogen-bond acceptors (Lipinski definition) is 3. The number of methoxy groups -OCH3 is 1. The van der Waals surface area contributed by atoms with Crippen LogP contribution in [0.2, 0.25) is 0 Å². The van der Waals surface area contributed by atoms with Crippen LogP contribution < -0.4 is 5.73 Å². The zero-order valence-electron chi connectivity index (χ0n) is 11.1. The summed E-state index contributed by atoms with van der Waals surface area (Å²) in [4.78, 5) is 10.7. The molecule has 0 saturated heterocycles. The van der Waals surface area contributed by atoms with E-state index in [2.05, 4.69) is 0 Å². The molecule has 0 amide bonds. The van der Waals surface area contributed by atoms with Crippen molar-refractivity contribution in [3.05, 3.63) is 35.4 Å². The zero-order valence-corrected chi connectivity index (χ0v) is 11.1. The van der Waals surface area contributed by atoms with Crippen molar-refractivity contribution < 1.29 is 14.6 Å². The highest BCUT2D eigenvalue weighted by molar-refractivity contribution is 5.73. The summed E-state index contributed by atoms with van der Waals surface area (Å²) in [5.41, 5.74) is 7.39. The maximum Gasteiger partial charge on any atom is 0.320 e. The molecular weight excluding hydrogens is 230 g/mol. The van der Waals surface area contributed by atoms with Crippen molar-refractivity contribution in [1.82, 2.24) is 0 Å². The number of aliphatic carboxylic acids is 1. The Balaban J connectivity index is 2.66. The fraction of sp³-hybridized carbons (Fsp3) is 0.500. The molecule has 0 aromatic heterocycles. The van der Waals surface area contributed by atoms with Gasteiger partial charge in [0.25, 0.3) is 0 Å². The SMILES string of the molecule is COC(C)(C)Cc1ccc(CC(N)C(=O)O)cc1. The Morgan fingerprint density at radius 2 is 1.83 bits per heavy atom. The average Bonchev–Trinajstić information content (AvgIpc) is 2.31. The second-order valence-corrected chi connectivity index (χ2v) is 5.11. The molecule has 0 aliphatic heterocycles. The minimum absolute atomic E-state index is 0.195. The Labute approximate surface area is 108 Å². The fourth-order valence-electron chi connectivity index (χ4n) is 1.70. The molecule has 0 radical (unpaired) electrons. The molecule has 0 aliphatic carbocycles. The van der Waals surface area contributed by atoms with Crippen molar-refractivity contribution in [2.75, 3.05) is 7.11 Å². The Kier molecular flexibility index (Phi) is 4.87. The highest BCUT2D eigenvalue weighted by Crippen LogP contribution is 2.16. The third-order valence-electron chi connectivity index (χ3n) is 2.98. The molecule has 1 atom stereocenters. The van der Waals surface area contributed by atoms with Crippen molar-refractivity contribution >= 4 is 5.97 Å². The van der Waals surface area contributed by atoms with Crippen LogP contribution in [-0.4, -0.2) is 29.8 Å². The van der Waals surface area contributed by atoms with Gasteiger partial charge in [0.05, 0.1) is 5.60 Å². The van der Waals surface area contributed by atoms with Gasteiger partial charge in [-0.15, -0.1) is 0 Å². The number of benzene rings is 1. The lowest BCUT2D eigenvalue weighted by Crippen LogP contribution is -2.32. The number of hydrogen-bond donors (Lipinski definition) is 2. The van der Waals surface area contributed by atoms with Gasteiger partial charge in [0.15, 0.2) is 0 Å². The van der Waals surface area contributed by atoms with Gasteiger partial charge >= 0.3 is 5.97 Å². The topological polar surface area (TPSA) is 72.5 Å². The van der Waals surface area contributed by atoms with E-state index in [1.54, 1.807) is 7.11 Å². The number of carboxylic acid groups (broad SMARTS) is 1. The van der Waals surface area contributed by atoms with Crippen molar-refractivity contribution in [2.24, 2.45) is 5.73 Å². The molecule has 0 spiro atoms. The lowest BCUT2D eigenvalue weighted by molar-refractivity contribution is -0.138. The summed E-state index contributed by atoms with van der Waals surface area (Å²) >= 11 is 0. The van der Waals surface area contributed by atoms with Crippen LogP contribution in [0, 0.1) is 0 Å². The van der Waals surface area contributed by atoms with E-state index in [4.69, 9.17) is 15.6 Å². The fourth-order valence-corrected chi connectivity index (χ4v) is 1.70. The summed E-state index contributed by atoms with van der Waals surface area (Å²) < 4.78 is 5.37. The van der Waals surface area contributed by atoms with Crippen molar-refractivity contribution in [2.45, 2.75) is 38.3 Å². The molecule has 0 saturated carbocycles. The molecule has 1 aromatic rings. The number of carboxylic acids is 1. The first-order chi connectivity index (χ1) is 8.34. The van der Waals surface area contributed by atoms with Crippen LogP contribution in [0.3, 0.4) is 0 Å². The van der Waals surface area contributed by atoms with E-state index in [1.165, 1.54) is 0 Å². The van der Waals surface area contributed by atoms with Crippen LogP contribution >= 0.6 is 0 Å².